The second-order valence-corrected chi connectivity index (χ2v) is 7.24. The summed E-state index contributed by atoms with van der Waals surface area (Å²) in [4.78, 5) is 0. The highest BCUT2D eigenvalue weighted by Crippen LogP contribution is 2.35. The number of ether oxygens (including phenoxy) is 1. The van der Waals surface area contributed by atoms with Gasteiger partial charge < -0.3 is 10.1 Å². The number of halogens is 2. The van der Waals surface area contributed by atoms with Crippen molar-refractivity contribution in [3.05, 3.63) is 26.6 Å². The third-order valence-electron chi connectivity index (χ3n) is 4.08. The van der Waals surface area contributed by atoms with Gasteiger partial charge in [0, 0.05) is 12.6 Å². The van der Waals surface area contributed by atoms with Crippen LogP contribution in [0.25, 0.3) is 0 Å². The molecule has 4 heteroatoms. The van der Waals surface area contributed by atoms with Crippen LogP contribution in [0.3, 0.4) is 0 Å². The van der Waals surface area contributed by atoms with Gasteiger partial charge in [-0.15, -0.1) is 0 Å². The summed E-state index contributed by atoms with van der Waals surface area (Å²) in [5, 5.41) is 3.66. The molecule has 0 aromatic heterocycles. The number of nitrogens with one attached hydrogen (secondary N) is 1. The number of hydrogen-bond acceptors (Lipinski definition) is 2. The van der Waals surface area contributed by atoms with Crippen LogP contribution in [0.15, 0.2) is 21.1 Å². The van der Waals surface area contributed by atoms with Crippen LogP contribution in [-0.2, 0) is 6.54 Å². The molecular formula is C16H23Br2NO. The van der Waals surface area contributed by atoms with Gasteiger partial charge in [0.1, 0.15) is 5.75 Å². The number of benzene rings is 1. The maximum Gasteiger partial charge on any atom is 0.147 e. The molecule has 0 heterocycles. The van der Waals surface area contributed by atoms with E-state index in [4.69, 9.17) is 4.74 Å². The molecule has 2 nitrogen and oxygen atoms in total. The van der Waals surface area contributed by atoms with E-state index in [-0.39, 0.29) is 0 Å². The zero-order chi connectivity index (χ0) is 14.5. The minimum Gasteiger partial charge on any atom is -0.492 e. The van der Waals surface area contributed by atoms with Crippen LogP contribution in [0.2, 0.25) is 0 Å². The first kappa shape index (κ1) is 16.3. The van der Waals surface area contributed by atoms with Gasteiger partial charge in [0.15, 0.2) is 0 Å². The average Bonchev–Trinajstić information content (AvgIpc) is 2.94. The molecule has 1 aromatic carbocycles. The van der Waals surface area contributed by atoms with Crippen molar-refractivity contribution in [3.63, 3.8) is 0 Å². The summed E-state index contributed by atoms with van der Waals surface area (Å²) in [6.07, 6.45) is 5.56. The lowest BCUT2D eigenvalue weighted by Gasteiger charge is -2.21. The molecule has 0 saturated heterocycles. The van der Waals surface area contributed by atoms with E-state index in [1.807, 2.05) is 6.92 Å². The summed E-state index contributed by atoms with van der Waals surface area (Å²) < 4.78 is 7.64. The van der Waals surface area contributed by atoms with Crippen LogP contribution in [0.5, 0.6) is 5.75 Å². The quantitative estimate of drug-likeness (QED) is 0.696. The third kappa shape index (κ3) is 4.22. The van der Waals surface area contributed by atoms with Gasteiger partial charge in [0.05, 0.1) is 15.6 Å². The molecule has 20 heavy (non-hydrogen) atoms. The second kappa shape index (κ2) is 7.81. The maximum atomic E-state index is 5.62. The summed E-state index contributed by atoms with van der Waals surface area (Å²) in [5.41, 5.74) is 1.28. The van der Waals surface area contributed by atoms with Crippen LogP contribution in [0, 0.1) is 5.92 Å². The van der Waals surface area contributed by atoms with Crippen molar-refractivity contribution < 1.29 is 4.74 Å². The normalized spacial score (nSPS) is 17.4. The molecule has 1 atom stereocenters. The molecule has 1 aliphatic carbocycles. The van der Waals surface area contributed by atoms with E-state index in [2.05, 4.69) is 56.2 Å². The van der Waals surface area contributed by atoms with Gasteiger partial charge in [-0.2, -0.15) is 0 Å². The van der Waals surface area contributed by atoms with Crippen molar-refractivity contribution >= 4 is 31.9 Å². The Labute approximate surface area is 138 Å². The van der Waals surface area contributed by atoms with Crippen LogP contribution in [0.1, 0.15) is 45.1 Å². The summed E-state index contributed by atoms with van der Waals surface area (Å²) in [7, 11) is 0. The highest BCUT2D eigenvalue weighted by atomic mass is 79.9. The predicted molar refractivity (Wildman–Crippen MR) is 91.3 cm³/mol. The van der Waals surface area contributed by atoms with E-state index in [1.165, 1.54) is 31.2 Å². The molecule has 0 unspecified atom stereocenters. The van der Waals surface area contributed by atoms with Gasteiger partial charge in [-0.25, -0.2) is 0 Å². The van der Waals surface area contributed by atoms with E-state index in [0.29, 0.717) is 12.6 Å². The Kier molecular flexibility index (Phi) is 6.37. The molecule has 0 spiro atoms. The van der Waals surface area contributed by atoms with Gasteiger partial charge in [0.25, 0.3) is 0 Å². The first-order valence-electron chi connectivity index (χ1n) is 7.46. The van der Waals surface area contributed by atoms with Gasteiger partial charge in [-0.3, -0.25) is 0 Å². The first-order chi connectivity index (χ1) is 9.61. The van der Waals surface area contributed by atoms with Crippen molar-refractivity contribution in [2.45, 2.75) is 52.1 Å². The lowest BCUT2D eigenvalue weighted by Crippen LogP contribution is -2.31. The predicted octanol–water partition coefficient (Wildman–Crippen LogP) is 5.28. The third-order valence-corrected chi connectivity index (χ3v) is 5.26. The van der Waals surface area contributed by atoms with Crippen LogP contribution < -0.4 is 10.1 Å². The smallest absolute Gasteiger partial charge is 0.147 e. The fraction of sp³-hybridized carbons (Fsp3) is 0.625. The fourth-order valence-corrected chi connectivity index (χ4v) is 4.41. The molecule has 0 radical (unpaired) electrons. The molecule has 0 amide bonds. The Balaban J connectivity index is 1.95. The minimum absolute atomic E-state index is 0.599. The van der Waals surface area contributed by atoms with E-state index >= 15 is 0 Å². The molecule has 0 bridgehead atoms. The molecule has 1 fully saturated rings. The topological polar surface area (TPSA) is 21.3 Å². The zero-order valence-corrected chi connectivity index (χ0v) is 15.4. The molecule has 2 rings (SSSR count). The van der Waals surface area contributed by atoms with Gasteiger partial charge in [-0.1, -0.05) is 12.8 Å². The highest BCUT2D eigenvalue weighted by Gasteiger charge is 2.21. The Morgan fingerprint density at radius 1 is 1.25 bits per heavy atom. The summed E-state index contributed by atoms with van der Waals surface area (Å²) in [6, 6.07) is 4.88. The highest BCUT2D eigenvalue weighted by molar-refractivity contribution is 9.11. The van der Waals surface area contributed by atoms with Crippen LogP contribution >= 0.6 is 31.9 Å². The molecular weight excluding hydrogens is 382 g/mol. The molecule has 112 valence electrons. The summed E-state index contributed by atoms with van der Waals surface area (Å²) in [5.74, 6) is 1.74. The van der Waals surface area contributed by atoms with Crippen LogP contribution in [-0.4, -0.2) is 12.6 Å². The van der Waals surface area contributed by atoms with Crippen molar-refractivity contribution in [1.29, 1.82) is 0 Å². The van der Waals surface area contributed by atoms with Crippen molar-refractivity contribution in [2.24, 2.45) is 5.92 Å². The summed E-state index contributed by atoms with van der Waals surface area (Å²) >= 11 is 7.18. The largest absolute Gasteiger partial charge is 0.492 e. The number of rotatable bonds is 6. The maximum absolute atomic E-state index is 5.62. The second-order valence-electron chi connectivity index (χ2n) is 5.54. The van der Waals surface area contributed by atoms with E-state index < -0.39 is 0 Å². The van der Waals surface area contributed by atoms with Crippen molar-refractivity contribution in [3.8, 4) is 5.75 Å². The molecule has 1 aromatic rings. The Morgan fingerprint density at radius 3 is 2.40 bits per heavy atom. The molecule has 0 aliphatic heterocycles. The van der Waals surface area contributed by atoms with Gasteiger partial charge in [-0.05, 0) is 82.2 Å². The average molecular weight is 405 g/mol. The van der Waals surface area contributed by atoms with Crippen molar-refractivity contribution in [1.82, 2.24) is 5.32 Å². The molecule has 1 saturated carbocycles. The molecule has 1 aliphatic rings. The lowest BCUT2D eigenvalue weighted by molar-refractivity contribution is 0.335. The van der Waals surface area contributed by atoms with Crippen LogP contribution in [0.4, 0.5) is 0 Å². The monoisotopic (exact) mass is 403 g/mol. The fourth-order valence-electron chi connectivity index (χ4n) is 2.90. The van der Waals surface area contributed by atoms with Gasteiger partial charge in [0.2, 0.25) is 0 Å². The van der Waals surface area contributed by atoms with E-state index in [9.17, 15) is 0 Å². The standard InChI is InChI=1S/C16H23Br2NO/c1-3-20-16-14(17)8-12(9-15(16)18)10-19-11(2)13-6-4-5-7-13/h8-9,11,13,19H,3-7,10H2,1-2H3/t11-/m0/s1. The minimum atomic E-state index is 0.599. The first-order valence-corrected chi connectivity index (χ1v) is 9.04. The van der Waals surface area contributed by atoms with E-state index in [0.717, 1.165) is 27.2 Å². The summed E-state index contributed by atoms with van der Waals surface area (Å²) in [6.45, 7) is 5.89. The van der Waals surface area contributed by atoms with Crippen molar-refractivity contribution in [2.75, 3.05) is 6.61 Å². The number of hydrogen-bond donors (Lipinski definition) is 1. The Hall–Kier alpha value is -0.0600. The Morgan fingerprint density at radius 2 is 1.85 bits per heavy atom. The Bertz CT molecular complexity index is 421. The van der Waals surface area contributed by atoms with E-state index in [1.54, 1.807) is 0 Å². The SMILES string of the molecule is CCOc1c(Br)cc(CN[C@@H](C)C2CCCC2)cc1Br. The zero-order valence-electron chi connectivity index (χ0n) is 12.2. The lowest BCUT2D eigenvalue weighted by atomic mass is 9.99. The molecule has 1 N–H and O–H groups in total. The van der Waals surface area contributed by atoms with Gasteiger partial charge >= 0.3 is 0 Å².